The summed E-state index contributed by atoms with van der Waals surface area (Å²) in [6.45, 7) is 3.19. The number of aromatic nitrogens is 1. The van der Waals surface area contributed by atoms with Gasteiger partial charge >= 0.3 is 0 Å². The molecule has 0 N–H and O–H groups in total. The molecule has 0 radical (unpaired) electrons. The summed E-state index contributed by atoms with van der Waals surface area (Å²) in [6, 6.07) is 4.40. The van der Waals surface area contributed by atoms with Crippen molar-refractivity contribution >= 4 is 11.8 Å². The summed E-state index contributed by atoms with van der Waals surface area (Å²) in [5.41, 5.74) is 2.08. The highest BCUT2D eigenvalue weighted by molar-refractivity contribution is 5.89. The quantitative estimate of drug-likeness (QED) is 0.833. The van der Waals surface area contributed by atoms with Crippen molar-refractivity contribution in [2.24, 2.45) is 5.92 Å². The van der Waals surface area contributed by atoms with Crippen LogP contribution < -0.4 is 0 Å². The lowest BCUT2D eigenvalue weighted by atomic mass is 10.1. The summed E-state index contributed by atoms with van der Waals surface area (Å²) in [5, 5.41) is 0. The highest BCUT2D eigenvalue weighted by Crippen LogP contribution is 2.30. The first-order valence-corrected chi connectivity index (χ1v) is 9.06. The van der Waals surface area contributed by atoms with E-state index in [1.165, 1.54) is 18.4 Å². The Kier molecular flexibility index (Phi) is 5.17. The number of carbonyl (C=O) groups is 2. The van der Waals surface area contributed by atoms with Crippen LogP contribution in [0, 0.1) is 5.92 Å². The van der Waals surface area contributed by atoms with Gasteiger partial charge in [-0.25, -0.2) is 0 Å². The van der Waals surface area contributed by atoms with Crippen LogP contribution in [0.15, 0.2) is 18.3 Å². The molecule has 130 valence electrons. The van der Waals surface area contributed by atoms with Gasteiger partial charge in [0.25, 0.3) is 0 Å². The van der Waals surface area contributed by atoms with E-state index in [2.05, 4.69) is 18.0 Å². The van der Waals surface area contributed by atoms with Crippen molar-refractivity contribution in [1.82, 2.24) is 14.8 Å². The van der Waals surface area contributed by atoms with E-state index in [-0.39, 0.29) is 17.7 Å². The van der Waals surface area contributed by atoms with Gasteiger partial charge in [0.15, 0.2) is 0 Å². The smallest absolute Gasteiger partial charge is 0.228 e. The Morgan fingerprint density at radius 2 is 2.08 bits per heavy atom. The van der Waals surface area contributed by atoms with E-state index in [1.807, 2.05) is 17.2 Å². The molecule has 3 rings (SSSR count). The fraction of sp³-hybridized carbons (Fsp3) is 0.632. The Hall–Kier alpha value is -1.91. The van der Waals surface area contributed by atoms with E-state index >= 15 is 0 Å². The highest BCUT2D eigenvalue weighted by atomic mass is 16.2. The van der Waals surface area contributed by atoms with Gasteiger partial charge in [0.05, 0.1) is 18.2 Å². The second kappa shape index (κ2) is 7.32. The van der Waals surface area contributed by atoms with E-state index in [9.17, 15) is 9.59 Å². The molecule has 1 aromatic heterocycles. The van der Waals surface area contributed by atoms with E-state index in [0.29, 0.717) is 25.6 Å². The van der Waals surface area contributed by atoms with Gasteiger partial charge in [-0.3, -0.25) is 14.6 Å². The van der Waals surface area contributed by atoms with Crippen molar-refractivity contribution in [2.45, 2.75) is 58.0 Å². The molecule has 1 saturated carbocycles. The van der Waals surface area contributed by atoms with Crippen molar-refractivity contribution < 1.29 is 9.59 Å². The van der Waals surface area contributed by atoms with E-state index in [4.69, 9.17) is 0 Å². The molecule has 1 aliphatic heterocycles. The third-order valence-corrected chi connectivity index (χ3v) is 5.34. The average molecular weight is 329 g/mol. The second-order valence-electron chi connectivity index (χ2n) is 7.09. The van der Waals surface area contributed by atoms with Crippen LogP contribution in [0.4, 0.5) is 0 Å². The zero-order valence-corrected chi connectivity index (χ0v) is 14.7. The number of rotatable bonds is 5. The molecule has 0 unspecified atom stereocenters. The van der Waals surface area contributed by atoms with Crippen LogP contribution in [0.2, 0.25) is 0 Å². The van der Waals surface area contributed by atoms with Crippen molar-refractivity contribution in [2.75, 3.05) is 13.6 Å². The maximum Gasteiger partial charge on any atom is 0.228 e. The van der Waals surface area contributed by atoms with E-state index in [0.717, 1.165) is 25.0 Å². The number of nitrogens with zero attached hydrogens (tertiary/aromatic N) is 3. The third kappa shape index (κ3) is 3.60. The molecule has 5 nitrogen and oxygen atoms in total. The Morgan fingerprint density at radius 1 is 1.33 bits per heavy atom. The van der Waals surface area contributed by atoms with Crippen molar-refractivity contribution in [1.29, 1.82) is 0 Å². The molecule has 24 heavy (non-hydrogen) atoms. The van der Waals surface area contributed by atoms with Gasteiger partial charge in [0.1, 0.15) is 0 Å². The molecule has 1 aromatic rings. The molecule has 2 aliphatic rings. The van der Waals surface area contributed by atoms with Crippen LogP contribution in [0.25, 0.3) is 0 Å². The Labute approximate surface area is 144 Å². The Balaban J connectivity index is 1.58. The molecule has 0 bridgehead atoms. The second-order valence-corrected chi connectivity index (χ2v) is 7.09. The van der Waals surface area contributed by atoms with Gasteiger partial charge in [-0.2, -0.15) is 0 Å². The van der Waals surface area contributed by atoms with Gasteiger partial charge in [-0.05, 0) is 30.9 Å². The fourth-order valence-electron chi connectivity index (χ4n) is 3.86. The van der Waals surface area contributed by atoms with E-state index in [1.54, 1.807) is 11.9 Å². The van der Waals surface area contributed by atoms with Crippen LogP contribution in [0.3, 0.4) is 0 Å². The summed E-state index contributed by atoms with van der Waals surface area (Å²) in [7, 11) is 1.81. The maximum absolute atomic E-state index is 12.7. The van der Waals surface area contributed by atoms with Crippen molar-refractivity contribution in [3.63, 3.8) is 0 Å². The molecule has 1 atom stereocenters. The van der Waals surface area contributed by atoms with Crippen LogP contribution >= 0.6 is 0 Å². The molecule has 2 fully saturated rings. The number of amides is 2. The predicted octanol–water partition coefficient (Wildman–Crippen LogP) is 2.39. The van der Waals surface area contributed by atoms with Gasteiger partial charge < -0.3 is 9.80 Å². The predicted molar refractivity (Wildman–Crippen MR) is 92.2 cm³/mol. The molecule has 1 aliphatic carbocycles. The minimum Gasteiger partial charge on any atom is -0.340 e. The number of hydrogen-bond donors (Lipinski definition) is 0. The Morgan fingerprint density at radius 3 is 2.71 bits per heavy atom. The van der Waals surface area contributed by atoms with Crippen LogP contribution in [0.1, 0.15) is 50.3 Å². The third-order valence-electron chi connectivity index (χ3n) is 5.34. The fourth-order valence-corrected chi connectivity index (χ4v) is 3.86. The van der Waals surface area contributed by atoms with Gasteiger partial charge in [0.2, 0.25) is 11.8 Å². The number of aryl methyl sites for hydroxylation is 1. The molecule has 5 heteroatoms. The van der Waals surface area contributed by atoms with Gasteiger partial charge in [0, 0.05) is 32.3 Å². The lowest BCUT2D eigenvalue weighted by molar-refractivity contribution is -0.135. The molecule has 0 aromatic carbocycles. The van der Waals surface area contributed by atoms with Gasteiger partial charge in [-0.15, -0.1) is 0 Å². The van der Waals surface area contributed by atoms with Crippen molar-refractivity contribution in [3.05, 3.63) is 29.6 Å². The van der Waals surface area contributed by atoms with Crippen LogP contribution in [-0.2, 0) is 22.6 Å². The lowest BCUT2D eigenvalue weighted by Gasteiger charge is -2.25. The number of carbonyl (C=O) groups excluding carboxylic acids is 2. The van der Waals surface area contributed by atoms with Gasteiger partial charge in [-0.1, -0.05) is 25.8 Å². The first-order chi connectivity index (χ1) is 11.6. The summed E-state index contributed by atoms with van der Waals surface area (Å²) in [4.78, 5) is 33.1. The van der Waals surface area contributed by atoms with Crippen LogP contribution in [-0.4, -0.2) is 46.2 Å². The first kappa shape index (κ1) is 16.9. The minimum absolute atomic E-state index is 0.0604. The standard InChI is InChI=1S/C19H27N3O2/c1-3-14-8-9-16(20-11-14)13-21(2)19(24)15-10-18(23)22(12-15)17-6-4-5-7-17/h8-9,11,15,17H,3-7,10,12-13H2,1-2H3/t15-/m1/s1. The zero-order valence-electron chi connectivity index (χ0n) is 14.7. The van der Waals surface area contributed by atoms with Crippen molar-refractivity contribution in [3.8, 4) is 0 Å². The summed E-state index contributed by atoms with van der Waals surface area (Å²) in [6.07, 6.45) is 7.78. The summed E-state index contributed by atoms with van der Waals surface area (Å²) in [5.74, 6) is 0.0160. The number of likely N-dealkylation sites (tertiary alicyclic amines) is 1. The monoisotopic (exact) mass is 329 g/mol. The Bertz CT molecular complexity index is 593. The molecular weight excluding hydrogens is 302 g/mol. The SMILES string of the molecule is CCc1ccc(CN(C)C(=O)[C@@H]2CC(=O)N(C3CCCC3)C2)nc1. The average Bonchev–Trinajstić information content (AvgIpc) is 3.24. The molecule has 1 saturated heterocycles. The molecule has 2 amide bonds. The zero-order chi connectivity index (χ0) is 17.1. The summed E-state index contributed by atoms with van der Waals surface area (Å²) < 4.78 is 0. The van der Waals surface area contributed by atoms with E-state index < -0.39 is 0 Å². The molecule has 0 spiro atoms. The summed E-state index contributed by atoms with van der Waals surface area (Å²) >= 11 is 0. The lowest BCUT2D eigenvalue weighted by Crippen LogP contribution is -2.37. The first-order valence-electron chi connectivity index (χ1n) is 9.06. The number of pyridine rings is 1. The van der Waals surface area contributed by atoms with Crippen LogP contribution in [0.5, 0.6) is 0 Å². The number of hydrogen-bond acceptors (Lipinski definition) is 3. The minimum atomic E-state index is -0.196. The molecular formula is C19H27N3O2. The largest absolute Gasteiger partial charge is 0.340 e. The highest BCUT2D eigenvalue weighted by Gasteiger charge is 2.39. The normalized spacial score (nSPS) is 21.5. The maximum atomic E-state index is 12.7. The molecule has 2 heterocycles. The topological polar surface area (TPSA) is 53.5 Å².